The molecule has 1 saturated carbocycles. The fraction of sp³-hybridized carbons (Fsp3) is 0.316. The molecular weight excluding hydrogens is 629 g/mol. The topological polar surface area (TPSA) is 96.0 Å². The number of nitrogens with one attached hydrogen (secondary N) is 1. The van der Waals surface area contributed by atoms with Gasteiger partial charge in [0.1, 0.15) is 24.2 Å². The van der Waals surface area contributed by atoms with Crippen LogP contribution in [0.1, 0.15) is 50.2 Å². The number of carbonyl (C=O) groups excluding carboxylic acids is 2. The van der Waals surface area contributed by atoms with Crippen molar-refractivity contribution in [2.24, 2.45) is 0 Å². The molecule has 10 heteroatoms. The first-order valence-electron chi connectivity index (χ1n) is 16.4. The fourth-order valence-corrected chi connectivity index (χ4v) is 7.50. The molecule has 5 rings (SSSR count). The van der Waals surface area contributed by atoms with E-state index in [0.29, 0.717) is 11.3 Å². The molecule has 0 spiro atoms. The Kier molecular flexibility index (Phi) is 11.8. The van der Waals surface area contributed by atoms with E-state index in [1.807, 2.05) is 30.3 Å². The molecule has 0 bridgehead atoms. The summed E-state index contributed by atoms with van der Waals surface area (Å²) in [7, 11) is -4.27. The Labute approximate surface area is 282 Å². The number of amides is 2. The summed E-state index contributed by atoms with van der Waals surface area (Å²) in [5, 5.41) is 3.19. The zero-order valence-corrected chi connectivity index (χ0v) is 27.9. The first kappa shape index (κ1) is 34.6. The lowest BCUT2D eigenvalue weighted by Gasteiger charge is -2.35. The summed E-state index contributed by atoms with van der Waals surface area (Å²) in [6, 6.07) is 28.7. The minimum absolute atomic E-state index is 0.00469. The number of nitrogens with zero attached hydrogens (tertiary/aromatic N) is 2. The fourth-order valence-electron chi connectivity index (χ4n) is 6.06. The quantitative estimate of drug-likeness (QED) is 0.165. The van der Waals surface area contributed by atoms with Crippen LogP contribution in [0.2, 0.25) is 0 Å². The summed E-state index contributed by atoms with van der Waals surface area (Å²) in [6.07, 6.45) is 5.05. The van der Waals surface area contributed by atoms with Crippen molar-refractivity contribution in [2.75, 3.05) is 17.5 Å². The van der Waals surface area contributed by atoms with E-state index in [-0.39, 0.29) is 42.1 Å². The zero-order valence-electron chi connectivity index (χ0n) is 27.1. The molecule has 0 aliphatic heterocycles. The molecular formula is C38H42FN3O5S. The Bertz CT molecular complexity index is 1750. The largest absolute Gasteiger partial charge is 0.492 e. The monoisotopic (exact) mass is 671 g/mol. The number of carbonyl (C=O) groups is 2. The molecule has 0 heterocycles. The van der Waals surface area contributed by atoms with Crippen LogP contribution in [0.5, 0.6) is 5.75 Å². The van der Waals surface area contributed by atoms with Crippen LogP contribution in [0.3, 0.4) is 0 Å². The van der Waals surface area contributed by atoms with Gasteiger partial charge in [0, 0.05) is 19.0 Å². The number of anilines is 1. The van der Waals surface area contributed by atoms with Gasteiger partial charge in [-0.3, -0.25) is 13.9 Å². The molecule has 0 aromatic heterocycles. The maximum Gasteiger partial charge on any atom is 0.264 e. The Morgan fingerprint density at radius 3 is 2.12 bits per heavy atom. The number of benzene rings is 4. The van der Waals surface area contributed by atoms with Crippen molar-refractivity contribution in [3.8, 4) is 5.75 Å². The number of rotatable bonds is 14. The van der Waals surface area contributed by atoms with Gasteiger partial charge in [-0.15, -0.1) is 0 Å². The van der Waals surface area contributed by atoms with Crippen LogP contribution in [0, 0.1) is 5.82 Å². The maximum atomic E-state index is 14.7. The summed E-state index contributed by atoms with van der Waals surface area (Å²) in [5.74, 6) is -1.04. The minimum atomic E-state index is -4.27. The molecule has 8 nitrogen and oxygen atoms in total. The molecule has 4 aromatic rings. The Morgan fingerprint density at radius 2 is 1.46 bits per heavy atom. The number of ether oxygens (including phenoxy) is 1. The molecule has 252 valence electrons. The van der Waals surface area contributed by atoms with Gasteiger partial charge in [-0.1, -0.05) is 92.1 Å². The molecule has 0 radical (unpaired) electrons. The lowest BCUT2D eigenvalue weighted by molar-refractivity contribution is -0.140. The predicted molar refractivity (Wildman–Crippen MR) is 184 cm³/mol. The summed E-state index contributed by atoms with van der Waals surface area (Å²) in [6.45, 7) is 1.43. The zero-order chi connectivity index (χ0) is 33.9. The lowest BCUT2D eigenvalue weighted by atomic mass is 9.94. The van der Waals surface area contributed by atoms with Gasteiger partial charge in [0.15, 0.2) is 0 Å². The van der Waals surface area contributed by atoms with Crippen molar-refractivity contribution >= 4 is 27.5 Å². The van der Waals surface area contributed by atoms with E-state index in [0.717, 1.165) is 42.0 Å². The molecule has 0 saturated heterocycles. The summed E-state index contributed by atoms with van der Waals surface area (Å²) in [4.78, 5) is 30.3. The van der Waals surface area contributed by atoms with Crippen molar-refractivity contribution in [1.82, 2.24) is 10.2 Å². The first-order chi connectivity index (χ1) is 23.3. The highest BCUT2D eigenvalue weighted by atomic mass is 32.2. The molecule has 48 heavy (non-hydrogen) atoms. The van der Waals surface area contributed by atoms with Crippen LogP contribution >= 0.6 is 0 Å². The Balaban J connectivity index is 1.58. The number of sulfonamides is 1. The molecule has 1 atom stereocenters. The summed E-state index contributed by atoms with van der Waals surface area (Å²) in [5.41, 5.74) is 1.64. The number of halogens is 1. The molecule has 1 aliphatic carbocycles. The van der Waals surface area contributed by atoms with Crippen LogP contribution in [0.25, 0.3) is 0 Å². The van der Waals surface area contributed by atoms with E-state index in [1.165, 1.54) is 29.2 Å². The van der Waals surface area contributed by atoms with Crippen LogP contribution in [-0.2, 0) is 32.6 Å². The third-order valence-electron chi connectivity index (χ3n) is 8.53. The normalized spacial score (nSPS) is 14.1. The van der Waals surface area contributed by atoms with Gasteiger partial charge in [0.2, 0.25) is 11.8 Å². The van der Waals surface area contributed by atoms with Crippen LogP contribution in [-0.4, -0.2) is 50.4 Å². The SMILES string of the molecule is CCOc1ccccc1N(CC(=O)N(Cc1ccc(F)cc1)[C@H](Cc1ccccc1)C(=O)NC1CCCCC1)S(=O)(=O)c1ccccc1. The third-order valence-corrected chi connectivity index (χ3v) is 10.3. The van der Waals surface area contributed by atoms with Gasteiger partial charge in [0.25, 0.3) is 10.0 Å². The van der Waals surface area contributed by atoms with Crippen LogP contribution in [0.15, 0.2) is 114 Å². The van der Waals surface area contributed by atoms with Gasteiger partial charge < -0.3 is 15.0 Å². The van der Waals surface area contributed by atoms with Crippen molar-refractivity contribution in [1.29, 1.82) is 0 Å². The summed E-state index contributed by atoms with van der Waals surface area (Å²) < 4.78 is 49.4. The maximum absolute atomic E-state index is 14.7. The standard InChI is InChI=1S/C38H42FN3O5S/c1-2-47-36-21-13-12-20-34(36)42(48(45,46)33-18-10-5-11-19-33)28-37(43)41(27-30-22-24-31(39)25-23-30)35(26-29-14-6-3-7-15-29)38(44)40-32-16-8-4-9-17-32/h3,5-7,10-15,18-25,32,35H,2,4,8-9,16-17,26-28H2,1H3,(H,40,44)/t35-/m1/s1. The van der Waals surface area contributed by atoms with Crippen molar-refractivity contribution in [3.63, 3.8) is 0 Å². The predicted octanol–water partition coefficient (Wildman–Crippen LogP) is 6.51. The lowest BCUT2D eigenvalue weighted by Crippen LogP contribution is -2.55. The number of hydrogen-bond donors (Lipinski definition) is 1. The second-order valence-corrected chi connectivity index (χ2v) is 13.8. The van der Waals surface area contributed by atoms with Crippen LogP contribution in [0.4, 0.5) is 10.1 Å². The number of para-hydroxylation sites is 2. The van der Waals surface area contributed by atoms with Crippen molar-refractivity contribution < 1.29 is 27.1 Å². The highest BCUT2D eigenvalue weighted by Crippen LogP contribution is 2.33. The van der Waals surface area contributed by atoms with E-state index in [4.69, 9.17) is 4.74 Å². The van der Waals surface area contributed by atoms with Gasteiger partial charge >= 0.3 is 0 Å². The van der Waals surface area contributed by atoms with E-state index in [9.17, 15) is 22.4 Å². The molecule has 1 fully saturated rings. The van der Waals surface area contributed by atoms with E-state index in [1.54, 1.807) is 61.5 Å². The Hall–Kier alpha value is -4.70. The van der Waals surface area contributed by atoms with E-state index in [2.05, 4.69) is 5.32 Å². The number of hydrogen-bond acceptors (Lipinski definition) is 5. The molecule has 2 amide bonds. The van der Waals surface area contributed by atoms with Crippen molar-refractivity contribution in [3.05, 3.63) is 126 Å². The van der Waals surface area contributed by atoms with Gasteiger partial charge in [-0.2, -0.15) is 0 Å². The van der Waals surface area contributed by atoms with Crippen LogP contribution < -0.4 is 14.4 Å². The average Bonchev–Trinajstić information content (AvgIpc) is 3.11. The van der Waals surface area contributed by atoms with Crippen molar-refractivity contribution in [2.45, 2.75) is 69.0 Å². The van der Waals surface area contributed by atoms with E-state index < -0.39 is 34.3 Å². The molecule has 1 N–H and O–H groups in total. The average molecular weight is 672 g/mol. The highest BCUT2D eigenvalue weighted by molar-refractivity contribution is 7.92. The summed E-state index contributed by atoms with van der Waals surface area (Å²) >= 11 is 0. The molecule has 1 aliphatic rings. The van der Waals surface area contributed by atoms with Gasteiger partial charge in [-0.25, -0.2) is 12.8 Å². The van der Waals surface area contributed by atoms with Gasteiger partial charge in [0.05, 0.1) is 17.2 Å². The van der Waals surface area contributed by atoms with E-state index >= 15 is 0 Å². The second kappa shape index (κ2) is 16.4. The van der Waals surface area contributed by atoms with Gasteiger partial charge in [-0.05, 0) is 67.3 Å². The highest BCUT2D eigenvalue weighted by Gasteiger charge is 2.36. The third kappa shape index (κ3) is 8.80. The molecule has 0 unspecified atom stereocenters. The minimum Gasteiger partial charge on any atom is -0.492 e. The second-order valence-electron chi connectivity index (χ2n) is 11.9. The smallest absolute Gasteiger partial charge is 0.264 e. The Morgan fingerprint density at radius 1 is 0.833 bits per heavy atom. The molecule has 4 aromatic carbocycles. The first-order valence-corrected chi connectivity index (χ1v) is 17.9.